The van der Waals surface area contributed by atoms with Gasteiger partial charge in [-0.05, 0) is 24.6 Å². The molecule has 2 rings (SSSR count). The van der Waals surface area contributed by atoms with E-state index in [0.717, 1.165) is 5.56 Å². The number of hydrogen-bond donors (Lipinski definition) is 3. The third-order valence-corrected chi connectivity index (χ3v) is 2.66. The van der Waals surface area contributed by atoms with Gasteiger partial charge in [-0.15, -0.1) is 0 Å². The fourth-order valence-corrected chi connectivity index (χ4v) is 1.74. The molecule has 0 fully saturated rings. The molecule has 7 nitrogen and oxygen atoms in total. The zero-order chi connectivity index (χ0) is 13.8. The van der Waals surface area contributed by atoms with Gasteiger partial charge in [0.15, 0.2) is 17.3 Å². The summed E-state index contributed by atoms with van der Waals surface area (Å²) in [6, 6.07) is 4.82. The first-order valence-corrected chi connectivity index (χ1v) is 5.86. The van der Waals surface area contributed by atoms with E-state index in [0.29, 0.717) is 23.9 Å². The number of hydrogen-bond acceptors (Lipinski definition) is 5. The van der Waals surface area contributed by atoms with Gasteiger partial charge in [0.1, 0.15) is 0 Å². The average molecular weight is 264 g/mol. The summed E-state index contributed by atoms with van der Waals surface area (Å²) < 4.78 is 10.7. The molecular weight excluding hydrogens is 248 g/mol. The molecule has 0 saturated heterocycles. The van der Waals surface area contributed by atoms with Crippen LogP contribution in [0.2, 0.25) is 0 Å². The van der Waals surface area contributed by atoms with Crippen molar-refractivity contribution in [3.8, 4) is 11.5 Å². The fourth-order valence-electron chi connectivity index (χ4n) is 1.74. The van der Waals surface area contributed by atoms with Gasteiger partial charge in [-0.3, -0.25) is 4.98 Å². The van der Waals surface area contributed by atoms with E-state index in [4.69, 9.17) is 15.2 Å². The molecule has 0 saturated carbocycles. The van der Waals surface area contributed by atoms with Crippen molar-refractivity contribution in [3.05, 3.63) is 40.1 Å². The van der Waals surface area contributed by atoms with Gasteiger partial charge in [0.05, 0.1) is 19.8 Å². The van der Waals surface area contributed by atoms with Crippen molar-refractivity contribution in [1.82, 2.24) is 15.2 Å². The van der Waals surface area contributed by atoms with Crippen LogP contribution in [0.15, 0.2) is 23.0 Å². The summed E-state index contributed by atoms with van der Waals surface area (Å²) in [4.78, 5) is 13.5. The lowest BCUT2D eigenvalue weighted by Gasteiger charge is -2.13. The van der Waals surface area contributed by atoms with Crippen molar-refractivity contribution < 1.29 is 9.47 Å². The van der Waals surface area contributed by atoms with Gasteiger partial charge in [0.2, 0.25) is 0 Å². The third-order valence-electron chi connectivity index (χ3n) is 2.66. The summed E-state index contributed by atoms with van der Waals surface area (Å²) in [7, 11) is 1.56. The molecule has 2 aromatic rings. The predicted octanol–water partition coefficient (Wildman–Crippen LogP) is 0.553. The van der Waals surface area contributed by atoms with Crippen molar-refractivity contribution in [2.45, 2.75) is 13.0 Å². The van der Waals surface area contributed by atoms with Crippen molar-refractivity contribution in [1.29, 1.82) is 0 Å². The monoisotopic (exact) mass is 264 g/mol. The lowest BCUT2D eigenvalue weighted by Crippen LogP contribution is -2.15. The standard InChI is InChI=1S/C12H16N4O3/c1-3-19-8-5-4-7(6-9(8)18-2)10(13)11-14-12(17)16-15-11/h4-6,10H,3,13H2,1-2H3,(H2,14,15,16,17). The molecule has 1 unspecified atom stereocenters. The first kappa shape index (κ1) is 13.2. The lowest BCUT2D eigenvalue weighted by atomic mass is 10.1. The van der Waals surface area contributed by atoms with Crippen LogP contribution in [0.25, 0.3) is 0 Å². The molecule has 0 spiro atoms. The largest absolute Gasteiger partial charge is 0.493 e. The highest BCUT2D eigenvalue weighted by Crippen LogP contribution is 2.30. The average Bonchev–Trinajstić information content (AvgIpc) is 2.85. The topological polar surface area (TPSA) is 106 Å². The second kappa shape index (κ2) is 5.57. The normalized spacial score (nSPS) is 12.2. The molecule has 0 aliphatic rings. The number of nitrogens with zero attached hydrogens (tertiary/aromatic N) is 1. The van der Waals surface area contributed by atoms with Crippen LogP contribution in [0, 0.1) is 0 Å². The summed E-state index contributed by atoms with van der Waals surface area (Å²) >= 11 is 0. The van der Waals surface area contributed by atoms with Crippen molar-refractivity contribution >= 4 is 0 Å². The smallest absolute Gasteiger partial charge is 0.340 e. The number of nitrogens with one attached hydrogen (secondary N) is 2. The third kappa shape index (κ3) is 2.76. The van der Waals surface area contributed by atoms with Crippen LogP contribution in [0.3, 0.4) is 0 Å². The van der Waals surface area contributed by atoms with Gasteiger partial charge < -0.3 is 15.2 Å². The van der Waals surface area contributed by atoms with Crippen LogP contribution in [0.5, 0.6) is 11.5 Å². The summed E-state index contributed by atoms with van der Waals surface area (Å²) in [6.07, 6.45) is 0. The van der Waals surface area contributed by atoms with E-state index in [1.54, 1.807) is 19.2 Å². The minimum Gasteiger partial charge on any atom is -0.493 e. The van der Waals surface area contributed by atoms with Crippen molar-refractivity contribution in [2.75, 3.05) is 13.7 Å². The van der Waals surface area contributed by atoms with Crippen LogP contribution in [-0.2, 0) is 0 Å². The highest BCUT2D eigenvalue weighted by Gasteiger charge is 2.15. The number of aromatic amines is 2. The molecule has 0 radical (unpaired) electrons. The Kier molecular flexibility index (Phi) is 3.86. The van der Waals surface area contributed by atoms with Crippen LogP contribution < -0.4 is 20.9 Å². The highest BCUT2D eigenvalue weighted by atomic mass is 16.5. The van der Waals surface area contributed by atoms with Gasteiger partial charge in [0.25, 0.3) is 0 Å². The molecular formula is C12H16N4O3. The molecule has 1 heterocycles. The maximum absolute atomic E-state index is 11.0. The zero-order valence-electron chi connectivity index (χ0n) is 10.8. The Morgan fingerprint density at radius 3 is 2.79 bits per heavy atom. The van der Waals surface area contributed by atoms with Gasteiger partial charge in [-0.1, -0.05) is 6.07 Å². The molecule has 0 aliphatic heterocycles. The number of methoxy groups -OCH3 is 1. The maximum atomic E-state index is 11.0. The minimum atomic E-state index is -0.538. The van der Waals surface area contributed by atoms with Gasteiger partial charge >= 0.3 is 5.69 Å². The summed E-state index contributed by atoms with van der Waals surface area (Å²) in [5.74, 6) is 1.61. The van der Waals surface area contributed by atoms with Crippen LogP contribution >= 0.6 is 0 Å². The quantitative estimate of drug-likeness (QED) is 0.731. The second-order valence-electron chi connectivity index (χ2n) is 3.88. The van der Waals surface area contributed by atoms with E-state index >= 15 is 0 Å². The summed E-state index contributed by atoms with van der Waals surface area (Å²) in [5, 5.41) is 6.10. The van der Waals surface area contributed by atoms with E-state index in [1.165, 1.54) is 0 Å². The zero-order valence-corrected chi connectivity index (χ0v) is 10.8. The van der Waals surface area contributed by atoms with E-state index in [-0.39, 0.29) is 5.69 Å². The first-order chi connectivity index (χ1) is 9.15. The molecule has 19 heavy (non-hydrogen) atoms. The number of benzene rings is 1. The predicted molar refractivity (Wildman–Crippen MR) is 69.4 cm³/mol. The number of ether oxygens (including phenoxy) is 2. The molecule has 0 aliphatic carbocycles. The van der Waals surface area contributed by atoms with Crippen LogP contribution in [-0.4, -0.2) is 28.9 Å². The molecule has 4 N–H and O–H groups in total. The van der Waals surface area contributed by atoms with Crippen molar-refractivity contribution in [3.63, 3.8) is 0 Å². The highest BCUT2D eigenvalue weighted by molar-refractivity contribution is 5.44. The molecule has 102 valence electrons. The molecule has 1 aromatic carbocycles. The summed E-state index contributed by atoms with van der Waals surface area (Å²) in [6.45, 7) is 2.45. The molecule has 0 amide bonds. The Morgan fingerprint density at radius 1 is 1.42 bits per heavy atom. The van der Waals surface area contributed by atoms with Gasteiger partial charge in [-0.2, -0.15) is 5.10 Å². The van der Waals surface area contributed by atoms with E-state index < -0.39 is 6.04 Å². The minimum absolute atomic E-state index is 0.371. The van der Waals surface area contributed by atoms with E-state index in [2.05, 4.69) is 15.2 Å². The Labute approximate surface area is 109 Å². The Balaban J connectivity index is 2.32. The van der Waals surface area contributed by atoms with E-state index in [1.807, 2.05) is 13.0 Å². The van der Waals surface area contributed by atoms with Gasteiger partial charge in [-0.25, -0.2) is 9.89 Å². The Bertz CT molecular complexity index is 605. The fraction of sp³-hybridized carbons (Fsp3) is 0.333. The number of H-pyrrole nitrogens is 2. The maximum Gasteiger partial charge on any atom is 0.340 e. The summed E-state index contributed by atoms with van der Waals surface area (Å²) in [5.41, 5.74) is 6.41. The molecule has 1 aromatic heterocycles. The Morgan fingerprint density at radius 2 is 2.21 bits per heavy atom. The Hall–Kier alpha value is -2.28. The molecule has 1 atom stereocenters. The lowest BCUT2D eigenvalue weighted by molar-refractivity contribution is 0.310. The SMILES string of the molecule is CCOc1ccc(C(N)c2n[nH]c(=O)[nH]2)cc1OC. The number of aromatic nitrogens is 3. The van der Waals surface area contributed by atoms with E-state index in [9.17, 15) is 4.79 Å². The van der Waals surface area contributed by atoms with Crippen LogP contribution in [0.4, 0.5) is 0 Å². The van der Waals surface area contributed by atoms with Gasteiger partial charge in [0, 0.05) is 0 Å². The molecule has 7 heteroatoms. The number of rotatable bonds is 5. The molecule has 0 bridgehead atoms. The second-order valence-corrected chi connectivity index (χ2v) is 3.88. The number of nitrogens with two attached hydrogens (primary N) is 1. The first-order valence-electron chi connectivity index (χ1n) is 5.86. The van der Waals surface area contributed by atoms with Crippen molar-refractivity contribution in [2.24, 2.45) is 5.73 Å². The van der Waals surface area contributed by atoms with Crippen LogP contribution in [0.1, 0.15) is 24.4 Å².